The van der Waals surface area contributed by atoms with Crippen LogP contribution in [0.3, 0.4) is 0 Å². The van der Waals surface area contributed by atoms with Crippen LogP contribution < -0.4 is 10.2 Å². The molecule has 0 bridgehead atoms. The van der Waals surface area contributed by atoms with Crippen LogP contribution in [0.25, 0.3) is 0 Å². The van der Waals surface area contributed by atoms with Gasteiger partial charge in [-0.3, -0.25) is 9.59 Å². The predicted molar refractivity (Wildman–Crippen MR) is 102 cm³/mol. The first kappa shape index (κ1) is 24.6. The van der Waals surface area contributed by atoms with Crippen molar-refractivity contribution in [1.29, 1.82) is 5.26 Å². The van der Waals surface area contributed by atoms with E-state index < -0.39 is 54.0 Å². The lowest BCUT2D eigenvalue weighted by Crippen LogP contribution is -2.49. The largest absolute Gasteiger partial charge is 0.433 e. The van der Waals surface area contributed by atoms with Gasteiger partial charge in [0.25, 0.3) is 5.91 Å². The number of ether oxygens (including phenoxy) is 1. The van der Waals surface area contributed by atoms with E-state index in [0.717, 1.165) is 12.1 Å². The van der Waals surface area contributed by atoms with Gasteiger partial charge in [-0.05, 0) is 31.0 Å². The number of halogens is 6. The van der Waals surface area contributed by atoms with Gasteiger partial charge in [-0.15, -0.1) is 0 Å². The Morgan fingerprint density at radius 3 is 2.30 bits per heavy atom. The van der Waals surface area contributed by atoms with Crippen LogP contribution in [0.2, 0.25) is 0 Å². The molecule has 2 saturated heterocycles. The second kappa shape index (κ2) is 9.09. The number of hydrogen-bond acceptors (Lipinski definition) is 5. The molecule has 2 fully saturated rings. The molecule has 1 aromatic rings. The van der Waals surface area contributed by atoms with Crippen LogP contribution in [0.5, 0.6) is 0 Å². The van der Waals surface area contributed by atoms with E-state index in [4.69, 9.17) is 10.00 Å². The molecule has 13 heteroatoms. The van der Waals surface area contributed by atoms with Crippen LogP contribution in [-0.4, -0.2) is 60.9 Å². The van der Waals surface area contributed by atoms with Crippen molar-refractivity contribution in [2.75, 3.05) is 24.5 Å². The Morgan fingerprint density at radius 2 is 1.79 bits per heavy atom. The third-order valence-electron chi connectivity index (χ3n) is 5.56. The summed E-state index contributed by atoms with van der Waals surface area (Å²) in [4.78, 5) is 26.1. The smallest absolute Gasteiger partial charge is 0.351 e. The molecule has 2 aliphatic heterocycles. The maximum Gasteiger partial charge on any atom is 0.433 e. The number of benzene rings is 1. The Balaban J connectivity index is 1.78. The van der Waals surface area contributed by atoms with Crippen molar-refractivity contribution in [3.63, 3.8) is 0 Å². The molecule has 2 unspecified atom stereocenters. The minimum Gasteiger partial charge on any atom is -0.351 e. The number of amides is 2. The zero-order valence-corrected chi connectivity index (χ0v) is 17.3. The number of anilines is 1. The number of nitriles is 1. The maximum atomic E-state index is 13.6. The van der Waals surface area contributed by atoms with E-state index in [1.165, 1.54) is 13.0 Å². The quantitative estimate of drug-likeness (QED) is 0.676. The van der Waals surface area contributed by atoms with Crippen LogP contribution in [0.4, 0.5) is 32.0 Å². The molecule has 0 aromatic heterocycles. The van der Waals surface area contributed by atoms with Crippen molar-refractivity contribution in [3.8, 4) is 6.07 Å². The van der Waals surface area contributed by atoms with Gasteiger partial charge in [0.2, 0.25) is 12.1 Å². The monoisotopic (exact) mass is 478 g/mol. The highest BCUT2D eigenvalue weighted by Gasteiger charge is 2.52. The SMILES string of the molecule is CC(=O)N1CCC(NC(=O)C2CN(c3ccc(C#N)c(C(F)(F)F)c3)C(C(F)(F)F)O2)CC1. The van der Waals surface area contributed by atoms with Crippen molar-refractivity contribution >= 4 is 17.5 Å². The Labute approximate surface area is 184 Å². The molecule has 0 spiro atoms. The fraction of sp³-hybridized carbons (Fsp3) is 0.550. The first-order chi connectivity index (χ1) is 15.3. The number of hydrogen-bond donors (Lipinski definition) is 1. The molecule has 180 valence electrons. The second-order valence-corrected chi connectivity index (χ2v) is 7.80. The fourth-order valence-corrected chi connectivity index (χ4v) is 3.86. The standard InChI is InChI=1S/C20H20F6N4O3/c1-11(31)29-6-4-13(5-7-29)28-17(32)16-10-30(18(33-16)20(24,25)26)14-3-2-12(9-27)15(8-14)19(21,22)23/h2-3,8,13,16,18H,4-7,10H2,1H3,(H,28,32). The predicted octanol–water partition coefficient (Wildman–Crippen LogP) is 2.80. The van der Waals surface area contributed by atoms with Gasteiger partial charge < -0.3 is 19.9 Å². The Bertz CT molecular complexity index is 951. The van der Waals surface area contributed by atoms with E-state index in [1.54, 1.807) is 4.90 Å². The zero-order valence-electron chi connectivity index (χ0n) is 17.3. The molecule has 33 heavy (non-hydrogen) atoms. The van der Waals surface area contributed by atoms with Crippen molar-refractivity contribution in [3.05, 3.63) is 29.3 Å². The number of likely N-dealkylation sites (tertiary alicyclic amines) is 1. The van der Waals surface area contributed by atoms with Crippen LogP contribution >= 0.6 is 0 Å². The van der Waals surface area contributed by atoms with E-state index in [-0.39, 0.29) is 11.9 Å². The lowest BCUT2D eigenvalue weighted by atomic mass is 10.0. The van der Waals surface area contributed by atoms with E-state index in [0.29, 0.717) is 36.9 Å². The molecule has 1 N–H and O–H groups in total. The summed E-state index contributed by atoms with van der Waals surface area (Å²) in [6.07, 6.45) is -13.3. The minimum atomic E-state index is -4.99. The summed E-state index contributed by atoms with van der Waals surface area (Å²) in [5.41, 5.74) is -2.59. The highest BCUT2D eigenvalue weighted by molar-refractivity contribution is 5.82. The van der Waals surface area contributed by atoms with Crippen LogP contribution in [-0.2, 0) is 20.5 Å². The number of nitrogens with zero attached hydrogens (tertiary/aromatic N) is 3. The summed E-state index contributed by atoms with van der Waals surface area (Å²) in [7, 11) is 0. The van der Waals surface area contributed by atoms with Gasteiger partial charge in [-0.25, -0.2) is 0 Å². The Morgan fingerprint density at radius 1 is 1.15 bits per heavy atom. The molecule has 3 rings (SSSR count). The molecule has 0 saturated carbocycles. The molecular formula is C20H20F6N4O3. The molecule has 2 amide bonds. The van der Waals surface area contributed by atoms with Crippen LogP contribution in [0.1, 0.15) is 30.9 Å². The maximum absolute atomic E-state index is 13.6. The first-order valence-corrected chi connectivity index (χ1v) is 9.97. The molecule has 7 nitrogen and oxygen atoms in total. The summed E-state index contributed by atoms with van der Waals surface area (Å²) >= 11 is 0. The lowest BCUT2D eigenvalue weighted by Gasteiger charge is -2.32. The van der Waals surface area contributed by atoms with E-state index in [9.17, 15) is 35.9 Å². The number of carbonyl (C=O) groups excluding carboxylic acids is 2. The number of alkyl halides is 6. The van der Waals surface area contributed by atoms with E-state index in [2.05, 4.69) is 5.32 Å². The van der Waals surface area contributed by atoms with Crippen LogP contribution in [0, 0.1) is 11.3 Å². The number of piperidine rings is 1. The average molecular weight is 478 g/mol. The Hall–Kier alpha value is -3.01. The van der Waals surface area contributed by atoms with Crippen molar-refractivity contribution in [2.24, 2.45) is 0 Å². The minimum absolute atomic E-state index is 0.122. The van der Waals surface area contributed by atoms with Gasteiger partial charge in [-0.1, -0.05) is 0 Å². The third-order valence-corrected chi connectivity index (χ3v) is 5.56. The summed E-state index contributed by atoms with van der Waals surface area (Å²) < 4.78 is 85.4. The Kier molecular flexibility index (Phi) is 6.78. The van der Waals surface area contributed by atoms with Crippen molar-refractivity contribution < 1.29 is 40.7 Å². The molecule has 2 atom stereocenters. The highest BCUT2D eigenvalue weighted by atomic mass is 19.4. The summed E-state index contributed by atoms with van der Waals surface area (Å²) in [6.45, 7) is 1.54. The topological polar surface area (TPSA) is 85.7 Å². The normalized spacial score (nSPS) is 22.2. The van der Waals surface area contributed by atoms with Crippen molar-refractivity contribution in [2.45, 2.75) is 50.5 Å². The van der Waals surface area contributed by atoms with Gasteiger partial charge in [0, 0.05) is 31.7 Å². The van der Waals surface area contributed by atoms with Gasteiger partial charge in [-0.2, -0.15) is 31.6 Å². The van der Waals surface area contributed by atoms with Crippen molar-refractivity contribution in [1.82, 2.24) is 10.2 Å². The van der Waals surface area contributed by atoms with Gasteiger partial charge in [0.05, 0.1) is 23.7 Å². The molecule has 0 aliphatic carbocycles. The lowest BCUT2D eigenvalue weighted by molar-refractivity contribution is -0.213. The summed E-state index contributed by atoms with van der Waals surface area (Å²) in [5.74, 6) is -0.944. The number of rotatable bonds is 3. The van der Waals surface area contributed by atoms with E-state index in [1.807, 2.05) is 0 Å². The fourth-order valence-electron chi connectivity index (χ4n) is 3.86. The first-order valence-electron chi connectivity index (χ1n) is 9.97. The highest BCUT2D eigenvalue weighted by Crippen LogP contribution is 2.39. The number of carbonyl (C=O) groups is 2. The van der Waals surface area contributed by atoms with E-state index >= 15 is 0 Å². The average Bonchev–Trinajstić information content (AvgIpc) is 3.19. The van der Waals surface area contributed by atoms with Gasteiger partial charge in [0.1, 0.15) is 0 Å². The van der Waals surface area contributed by atoms with Gasteiger partial charge >= 0.3 is 12.4 Å². The molecule has 2 aliphatic rings. The summed E-state index contributed by atoms with van der Waals surface area (Å²) in [5, 5.41) is 11.5. The summed E-state index contributed by atoms with van der Waals surface area (Å²) in [6, 6.07) is 3.16. The molecular weight excluding hydrogens is 458 g/mol. The molecule has 1 aromatic carbocycles. The zero-order chi connectivity index (χ0) is 24.6. The van der Waals surface area contributed by atoms with Crippen LogP contribution in [0.15, 0.2) is 18.2 Å². The number of nitrogens with one attached hydrogen (secondary N) is 1. The molecule has 2 heterocycles. The molecule has 0 radical (unpaired) electrons. The second-order valence-electron chi connectivity index (χ2n) is 7.80. The van der Waals surface area contributed by atoms with Gasteiger partial charge in [0.15, 0.2) is 6.10 Å². The third kappa shape index (κ3) is 5.50.